The summed E-state index contributed by atoms with van der Waals surface area (Å²) in [5.74, 6) is 0.853. The van der Waals surface area contributed by atoms with E-state index in [2.05, 4.69) is 37.3 Å². The Morgan fingerprint density at radius 3 is 2.17 bits per heavy atom. The van der Waals surface area contributed by atoms with Crippen molar-refractivity contribution in [1.82, 2.24) is 4.98 Å². The van der Waals surface area contributed by atoms with Gasteiger partial charge in [-0.3, -0.25) is 4.98 Å². The molecule has 1 atom stereocenters. The van der Waals surface area contributed by atoms with E-state index in [-0.39, 0.29) is 24.3 Å². The van der Waals surface area contributed by atoms with Gasteiger partial charge in [0.25, 0.3) is 6.43 Å². The minimum absolute atomic E-state index is 0.180. The summed E-state index contributed by atoms with van der Waals surface area (Å²) in [6.07, 6.45) is -1.84. The lowest BCUT2D eigenvalue weighted by atomic mass is 9.97. The van der Waals surface area contributed by atoms with Crippen molar-refractivity contribution in [2.45, 2.75) is 60.5 Å². The minimum Gasteiger partial charge on any atom is -0.488 e. The van der Waals surface area contributed by atoms with Crippen molar-refractivity contribution in [3.8, 4) is 0 Å². The van der Waals surface area contributed by atoms with E-state index >= 15 is 0 Å². The van der Waals surface area contributed by atoms with Crippen molar-refractivity contribution in [2.75, 3.05) is 13.7 Å². The van der Waals surface area contributed by atoms with Crippen molar-refractivity contribution < 1.29 is 22.6 Å². The number of amidine groups is 1. The number of rotatable bonds is 10. The smallest absolute Gasteiger partial charge is 0.280 e. The number of alkyl halides is 2. The third kappa shape index (κ3) is 10.2. The van der Waals surface area contributed by atoms with Crippen LogP contribution >= 0.6 is 0 Å². The number of allylic oxidation sites excluding steroid dienone is 1. The molecule has 0 aliphatic heterocycles. The predicted molar refractivity (Wildman–Crippen MR) is 141 cm³/mol. The van der Waals surface area contributed by atoms with E-state index in [1.54, 1.807) is 26.8 Å². The highest BCUT2D eigenvalue weighted by molar-refractivity contribution is 6.00. The molecule has 0 aliphatic rings. The molecule has 0 radical (unpaired) electrons. The summed E-state index contributed by atoms with van der Waals surface area (Å²) in [6, 6.07) is 8.47. The number of aromatic nitrogens is 1. The van der Waals surface area contributed by atoms with Crippen molar-refractivity contribution in [3.63, 3.8) is 0 Å². The molecular formula is C28H38F3N3O2. The van der Waals surface area contributed by atoms with E-state index in [0.717, 1.165) is 5.92 Å². The van der Waals surface area contributed by atoms with Gasteiger partial charge in [-0.25, -0.2) is 18.2 Å². The van der Waals surface area contributed by atoms with Crippen LogP contribution in [0.1, 0.15) is 70.0 Å². The second-order valence-corrected chi connectivity index (χ2v) is 8.82. The number of ether oxygens (including phenoxy) is 2. The Labute approximate surface area is 212 Å². The number of methoxy groups -OCH3 is 1. The number of nitrogens with zero attached hydrogens (tertiary/aromatic N) is 2. The molecule has 2 rings (SSSR count). The van der Waals surface area contributed by atoms with Crippen LogP contribution in [0.25, 0.3) is 11.3 Å². The van der Waals surface area contributed by atoms with Crippen LogP contribution in [-0.4, -0.2) is 30.6 Å². The summed E-state index contributed by atoms with van der Waals surface area (Å²) < 4.78 is 51.4. The first-order chi connectivity index (χ1) is 16.9. The van der Waals surface area contributed by atoms with Crippen molar-refractivity contribution in [3.05, 3.63) is 77.1 Å². The van der Waals surface area contributed by atoms with Gasteiger partial charge in [-0.1, -0.05) is 33.8 Å². The predicted octanol–water partition coefficient (Wildman–Crippen LogP) is 7.33. The Bertz CT molecular complexity index is 1040. The Kier molecular flexibility index (Phi) is 12.9. The molecule has 198 valence electrons. The fourth-order valence-electron chi connectivity index (χ4n) is 3.00. The average Bonchev–Trinajstić information content (AvgIpc) is 2.79. The van der Waals surface area contributed by atoms with Crippen LogP contribution in [0.5, 0.6) is 0 Å². The van der Waals surface area contributed by atoms with Gasteiger partial charge in [0, 0.05) is 23.9 Å². The second kappa shape index (κ2) is 15.1. The number of hydrogen-bond acceptors (Lipinski definition) is 4. The monoisotopic (exact) mass is 505 g/mol. The lowest BCUT2D eigenvalue weighted by molar-refractivity contribution is 0.0552. The molecule has 0 saturated heterocycles. The van der Waals surface area contributed by atoms with E-state index < -0.39 is 17.9 Å². The summed E-state index contributed by atoms with van der Waals surface area (Å²) in [5.41, 5.74) is 7.38. The number of pyridine rings is 1. The van der Waals surface area contributed by atoms with E-state index in [0.29, 0.717) is 28.1 Å². The van der Waals surface area contributed by atoms with Crippen molar-refractivity contribution in [2.24, 2.45) is 16.6 Å². The molecule has 2 aromatic rings. The van der Waals surface area contributed by atoms with Crippen LogP contribution in [0.4, 0.5) is 13.2 Å². The zero-order chi connectivity index (χ0) is 27.4. The van der Waals surface area contributed by atoms with Crippen LogP contribution in [0, 0.1) is 18.7 Å². The van der Waals surface area contributed by atoms with Gasteiger partial charge in [0.05, 0.1) is 18.1 Å². The Balaban J connectivity index is 0.00000118. The molecule has 0 spiro atoms. The Hall–Kier alpha value is -3.13. The van der Waals surface area contributed by atoms with E-state index in [9.17, 15) is 13.2 Å². The summed E-state index contributed by atoms with van der Waals surface area (Å²) in [6.45, 7) is 15.9. The van der Waals surface area contributed by atoms with Crippen LogP contribution in [-0.2, 0) is 9.47 Å². The van der Waals surface area contributed by atoms with Crippen molar-refractivity contribution in [1.29, 1.82) is 0 Å². The number of halogens is 3. The minimum atomic E-state index is -2.77. The molecule has 1 aromatic carbocycles. The normalized spacial score (nSPS) is 13.2. The molecule has 36 heavy (non-hydrogen) atoms. The molecular weight excluding hydrogens is 467 g/mol. The van der Waals surface area contributed by atoms with Crippen molar-refractivity contribution >= 4 is 17.1 Å². The summed E-state index contributed by atoms with van der Waals surface area (Å²) in [4.78, 5) is 8.30. The first-order valence-corrected chi connectivity index (χ1v) is 11.8. The molecule has 0 bridgehead atoms. The molecule has 0 aliphatic carbocycles. The highest BCUT2D eigenvalue weighted by atomic mass is 19.3. The molecule has 2 N–H and O–H groups in total. The fourth-order valence-corrected chi connectivity index (χ4v) is 3.00. The van der Waals surface area contributed by atoms with Gasteiger partial charge in [0.15, 0.2) is 0 Å². The molecule has 1 aromatic heterocycles. The topological polar surface area (TPSA) is 69.7 Å². The molecule has 1 heterocycles. The standard InChI is InChI=1S/C23H26F3N3O2.C5H12/c1-13-10-18(11-20(28-13)23(25)26)21(15(3)31-14(2)12-30-5)22(29-16(4)27)17-6-8-19(24)9-7-17;1-4-5(2)3/h6-11,14,23H,3,12H2,1-2,4-5H3,(H2,27,29);5H,4H2,1-3H3/b22-21+;. The SMILES string of the molecule is C=C(OC(C)COC)/C(=C(\N=C(C)N)c1ccc(F)cc1)c1cc(C)nc(C(F)F)c1.CCC(C)C. The third-order valence-corrected chi connectivity index (χ3v) is 4.97. The van der Waals surface area contributed by atoms with E-state index in [1.165, 1.54) is 43.9 Å². The summed E-state index contributed by atoms with van der Waals surface area (Å²) in [7, 11) is 1.53. The molecule has 5 nitrogen and oxygen atoms in total. The zero-order valence-corrected chi connectivity index (χ0v) is 22.2. The van der Waals surface area contributed by atoms with Gasteiger partial charge in [-0.15, -0.1) is 0 Å². The second-order valence-electron chi connectivity index (χ2n) is 8.82. The van der Waals surface area contributed by atoms with Gasteiger partial charge >= 0.3 is 0 Å². The summed E-state index contributed by atoms with van der Waals surface area (Å²) >= 11 is 0. The average molecular weight is 506 g/mol. The lowest BCUT2D eigenvalue weighted by Crippen LogP contribution is -2.15. The van der Waals surface area contributed by atoms with Crippen LogP contribution in [0.15, 0.2) is 53.7 Å². The molecule has 0 fully saturated rings. The maximum absolute atomic E-state index is 13.5. The Morgan fingerprint density at radius 1 is 1.11 bits per heavy atom. The van der Waals surface area contributed by atoms with E-state index in [1.807, 2.05) is 0 Å². The van der Waals surface area contributed by atoms with Gasteiger partial charge in [-0.05, 0) is 68.7 Å². The van der Waals surface area contributed by atoms with Crippen LogP contribution in [0.3, 0.4) is 0 Å². The first kappa shape index (κ1) is 30.9. The lowest BCUT2D eigenvalue weighted by Gasteiger charge is -2.21. The zero-order valence-electron chi connectivity index (χ0n) is 22.2. The highest BCUT2D eigenvalue weighted by Crippen LogP contribution is 2.35. The Morgan fingerprint density at radius 2 is 1.69 bits per heavy atom. The van der Waals surface area contributed by atoms with Crippen LogP contribution < -0.4 is 5.73 Å². The number of nitrogens with two attached hydrogens (primary N) is 1. The van der Waals surface area contributed by atoms with Crippen LogP contribution in [0.2, 0.25) is 0 Å². The highest BCUT2D eigenvalue weighted by Gasteiger charge is 2.21. The third-order valence-electron chi connectivity index (χ3n) is 4.97. The number of benzene rings is 1. The molecule has 8 heteroatoms. The number of aryl methyl sites for hydroxylation is 1. The molecule has 0 saturated carbocycles. The largest absolute Gasteiger partial charge is 0.488 e. The number of hydrogen-bond donors (Lipinski definition) is 1. The molecule has 0 amide bonds. The quantitative estimate of drug-likeness (QED) is 0.159. The van der Waals surface area contributed by atoms with Gasteiger partial charge in [-0.2, -0.15) is 0 Å². The van der Waals surface area contributed by atoms with E-state index in [4.69, 9.17) is 15.2 Å². The van der Waals surface area contributed by atoms with Gasteiger partial charge < -0.3 is 15.2 Å². The molecule has 1 unspecified atom stereocenters. The van der Waals surface area contributed by atoms with Gasteiger partial charge in [0.2, 0.25) is 0 Å². The van der Waals surface area contributed by atoms with Gasteiger partial charge in [0.1, 0.15) is 23.4 Å². The number of aliphatic imine (C=N–C) groups is 1. The summed E-state index contributed by atoms with van der Waals surface area (Å²) in [5, 5.41) is 0. The fraction of sp³-hybridized carbons (Fsp3) is 0.429. The maximum Gasteiger partial charge on any atom is 0.280 e. The first-order valence-electron chi connectivity index (χ1n) is 11.8. The maximum atomic E-state index is 13.5.